The van der Waals surface area contributed by atoms with Crippen LogP contribution in [0.15, 0.2) is 28.0 Å². The number of fused-ring (bicyclic) bond motifs is 1. The third kappa shape index (κ3) is 4.17. The van der Waals surface area contributed by atoms with Crippen LogP contribution in [-0.4, -0.2) is 49.8 Å². The van der Waals surface area contributed by atoms with Gasteiger partial charge in [0.1, 0.15) is 5.82 Å². The van der Waals surface area contributed by atoms with Crippen molar-refractivity contribution in [2.45, 2.75) is 44.4 Å². The largest absolute Gasteiger partial charge is 0.409 e. The Balaban J connectivity index is 1.73. The molecular weight excluding hydrogens is 357 g/mol. The summed E-state index contributed by atoms with van der Waals surface area (Å²) in [7, 11) is 0. The number of benzene rings is 1. The number of anilines is 1. The van der Waals surface area contributed by atoms with Crippen LogP contribution in [0.3, 0.4) is 0 Å². The van der Waals surface area contributed by atoms with Gasteiger partial charge in [-0.1, -0.05) is 11.2 Å². The molecule has 0 saturated carbocycles. The number of rotatable bonds is 6. The van der Waals surface area contributed by atoms with Gasteiger partial charge in [-0.15, -0.1) is 0 Å². The average molecular weight is 379 g/mol. The molecule has 0 radical (unpaired) electrons. The lowest BCUT2D eigenvalue weighted by molar-refractivity contribution is -0.0403. The van der Waals surface area contributed by atoms with Crippen LogP contribution < -0.4 is 10.6 Å². The molecule has 5 N–H and O–H groups in total. The highest BCUT2D eigenvalue weighted by molar-refractivity contribution is 6.00. The summed E-state index contributed by atoms with van der Waals surface area (Å²) < 4.78 is 18.3. The van der Waals surface area contributed by atoms with E-state index in [0.29, 0.717) is 6.42 Å². The van der Waals surface area contributed by atoms with Gasteiger partial charge in [0.05, 0.1) is 17.7 Å². The van der Waals surface area contributed by atoms with Gasteiger partial charge < -0.3 is 26.1 Å². The number of aromatic nitrogens is 2. The molecule has 2 unspecified atom stereocenters. The summed E-state index contributed by atoms with van der Waals surface area (Å²) in [5, 5.41) is 45.6. The highest BCUT2D eigenvalue weighted by Gasteiger charge is 2.28. The minimum Gasteiger partial charge on any atom is -0.409 e. The van der Waals surface area contributed by atoms with Gasteiger partial charge in [-0.25, -0.2) is 9.02 Å². The number of oxime groups is 1. The van der Waals surface area contributed by atoms with Crippen molar-refractivity contribution in [1.82, 2.24) is 15.6 Å². The maximum Gasteiger partial charge on any atom is 0.202 e. The third-order valence-corrected chi connectivity index (χ3v) is 4.59. The lowest BCUT2D eigenvalue weighted by Gasteiger charge is -2.24. The third-order valence-electron chi connectivity index (χ3n) is 4.59. The normalized spacial score (nSPS) is 18.3. The molecule has 0 spiro atoms. The maximum absolute atomic E-state index is 13.6. The molecule has 146 valence electrons. The highest BCUT2D eigenvalue weighted by Crippen LogP contribution is 2.32. The molecule has 10 heteroatoms. The molecule has 0 aliphatic heterocycles. The Morgan fingerprint density at radius 2 is 2.22 bits per heavy atom. The minimum atomic E-state index is -1.31. The molecule has 0 saturated heterocycles. The zero-order valence-corrected chi connectivity index (χ0v) is 15.0. The first-order chi connectivity index (χ1) is 12.8. The molecule has 0 amide bonds. The van der Waals surface area contributed by atoms with Crippen molar-refractivity contribution in [3.63, 3.8) is 0 Å². The summed E-state index contributed by atoms with van der Waals surface area (Å²) in [6, 6.07) is 4.35. The number of aryl methyl sites for hydroxylation is 1. The number of nitrogens with one attached hydrogen (secondary N) is 2. The number of nitrogens with zero attached hydrogens (tertiary/aromatic N) is 3. The van der Waals surface area contributed by atoms with Crippen molar-refractivity contribution in [1.29, 1.82) is 0 Å². The number of aliphatic hydroxyl groups excluding tert-OH is 1. The summed E-state index contributed by atoms with van der Waals surface area (Å²) in [5.74, 6) is -0.203. The monoisotopic (exact) mass is 379 g/mol. The van der Waals surface area contributed by atoms with Crippen LogP contribution in [0.25, 0.3) is 0 Å². The van der Waals surface area contributed by atoms with Crippen molar-refractivity contribution in [3.8, 4) is 0 Å². The van der Waals surface area contributed by atoms with Gasteiger partial charge in [-0.3, -0.25) is 0 Å². The van der Waals surface area contributed by atoms with Gasteiger partial charge in [0.2, 0.25) is 5.82 Å². The van der Waals surface area contributed by atoms with Crippen LogP contribution in [0.4, 0.5) is 10.2 Å². The summed E-state index contributed by atoms with van der Waals surface area (Å²) >= 11 is 0. The molecule has 2 aromatic rings. The Labute approximate surface area is 154 Å². The highest BCUT2D eigenvalue weighted by atomic mass is 19.1. The fourth-order valence-electron chi connectivity index (χ4n) is 2.94. The Hall–Kier alpha value is -2.72. The second-order valence-corrected chi connectivity index (χ2v) is 7.04. The zero-order valence-electron chi connectivity index (χ0n) is 15.0. The van der Waals surface area contributed by atoms with E-state index in [1.807, 2.05) is 0 Å². The van der Waals surface area contributed by atoms with Crippen molar-refractivity contribution < 1.29 is 24.4 Å². The summed E-state index contributed by atoms with van der Waals surface area (Å²) in [6.07, 6.45) is 0.393. The summed E-state index contributed by atoms with van der Waals surface area (Å²) in [5.41, 5.74) is 0.606. The van der Waals surface area contributed by atoms with Crippen LogP contribution in [-0.2, 0) is 6.42 Å². The second-order valence-electron chi connectivity index (χ2n) is 7.04. The maximum atomic E-state index is 13.6. The predicted molar refractivity (Wildman–Crippen MR) is 94.0 cm³/mol. The molecular formula is C17H22FN5O4. The molecule has 1 aromatic carbocycles. The minimum absolute atomic E-state index is 0.00129. The smallest absolute Gasteiger partial charge is 0.202 e. The molecule has 27 heavy (non-hydrogen) atoms. The molecule has 2 atom stereocenters. The fraction of sp³-hybridized carbons (Fsp3) is 0.471. The van der Waals surface area contributed by atoms with E-state index in [-0.39, 0.29) is 35.8 Å². The van der Waals surface area contributed by atoms with Crippen LogP contribution in [0, 0.1) is 5.82 Å². The molecule has 9 nitrogen and oxygen atoms in total. The van der Waals surface area contributed by atoms with Crippen molar-refractivity contribution in [3.05, 3.63) is 40.8 Å². The number of amidine groups is 1. The molecule has 1 aliphatic carbocycles. The van der Waals surface area contributed by atoms with Crippen LogP contribution in [0.2, 0.25) is 0 Å². The number of hydrogen-bond acceptors (Lipinski definition) is 8. The van der Waals surface area contributed by atoms with Gasteiger partial charge in [0.15, 0.2) is 11.5 Å². The van der Waals surface area contributed by atoms with E-state index in [2.05, 4.69) is 26.1 Å². The average Bonchev–Trinajstić information content (AvgIpc) is 3.23. The van der Waals surface area contributed by atoms with Crippen molar-refractivity contribution in [2.75, 3.05) is 11.9 Å². The number of halogens is 1. The standard InChI is InChI=1S/C17H22FN5O4/c1-17(2,25)13(24)8-19-15-14(22-27-23-15)16(21-26)20-12-6-4-9-3-5-10(18)7-11(9)12/h3,5,7,12-13,24-26H,4,6,8H2,1-2H3,(H,19,23)(H,20,21). The van der Waals surface area contributed by atoms with Crippen LogP contribution >= 0.6 is 0 Å². The lowest BCUT2D eigenvalue weighted by atomic mass is 10.0. The molecule has 0 bridgehead atoms. The van der Waals surface area contributed by atoms with Gasteiger partial charge >= 0.3 is 0 Å². The Morgan fingerprint density at radius 1 is 1.44 bits per heavy atom. The van der Waals surface area contributed by atoms with Crippen LogP contribution in [0.5, 0.6) is 0 Å². The molecule has 0 fully saturated rings. The van der Waals surface area contributed by atoms with E-state index in [1.54, 1.807) is 6.07 Å². The second kappa shape index (κ2) is 7.49. The van der Waals surface area contributed by atoms with E-state index in [1.165, 1.54) is 26.0 Å². The van der Waals surface area contributed by atoms with Crippen LogP contribution in [0.1, 0.15) is 43.1 Å². The summed E-state index contributed by atoms with van der Waals surface area (Å²) in [6.45, 7) is 2.92. The predicted octanol–water partition coefficient (Wildman–Crippen LogP) is 1.17. The quantitative estimate of drug-likeness (QED) is 0.218. The van der Waals surface area contributed by atoms with E-state index in [4.69, 9.17) is 4.63 Å². The zero-order chi connectivity index (χ0) is 19.6. The van der Waals surface area contributed by atoms with E-state index < -0.39 is 11.7 Å². The topological polar surface area (TPSA) is 136 Å². The fourth-order valence-corrected chi connectivity index (χ4v) is 2.94. The molecule has 1 heterocycles. The Bertz CT molecular complexity index is 833. The Morgan fingerprint density at radius 3 is 2.93 bits per heavy atom. The molecule has 1 aliphatic rings. The van der Waals surface area contributed by atoms with Gasteiger partial charge in [0.25, 0.3) is 0 Å². The lowest BCUT2D eigenvalue weighted by Crippen LogP contribution is -2.41. The first kappa shape index (κ1) is 19.1. The van der Waals surface area contributed by atoms with E-state index in [0.717, 1.165) is 17.5 Å². The SMILES string of the molecule is CC(C)(O)C(O)CNc1nonc1C(=NO)NC1CCc2ccc(F)cc21. The first-order valence-electron chi connectivity index (χ1n) is 8.53. The van der Waals surface area contributed by atoms with Crippen molar-refractivity contribution in [2.24, 2.45) is 5.16 Å². The Kier molecular flexibility index (Phi) is 5.29. The van der Waals surface area contributed by atoms with Gasteiger partial charge in [0, 0.05) is 6.54 Å². The molecule has 3 rings (SSSR count). The van der Waals surface area contributed by atoms with Gasteiger partial charge in [-0.2, -0.15) is 0 Å². The van der Waals surface area contributed by atoms with E-state index in [9.17, 15) is 19.8 Å². The number of hydrogen-bond donors (Lipinski definition) is 5. The first-order valence-corrected chi connectivity index (χ1v) is 8.53. The number of aliphatic hydroxyl groups is 2. The summed E-state index contributed by atoms with van der Waals surface area (Å²) in [4.78, 5) is 0. The molecule has 1 aromatic heterocycles. The van der Waals surface area contributed by atoms with Gasteiger partial charge in [-0.05, 0) is 60.3 Å². The van der Waals surface area contributed by atoms with E-state index >= 15 is 0 Å². The van der Waals surface area contributed by atoms with Crippen molar-refractivity contribution >= 4 is 11.7 Å².